The maximum absolute atomic E-state index is 12.7. The number of nitrogens with zero attached hydrogens (tertiary/aromatic N) is 1. The molecule has 0 aliphatic carbocycles. The van der Waals surface area contributed by atoms with E-state index in [-0.39, 0.29) is 40.3 Å². The van der Waals surface area contributed by atoms with Gasteiger partial charge >= 0.3 is 11.9 Å². The molecular weight excluding hydrogens is 450 g/mol. The number of rotatable bonds is 7. The number of carbonyl (C=O) groups is 4. The highest BCUT2D eigenvalue weighted by atomic mass is 32.2. The van der Waals surface area contributed by atoms with Crippen LogP contribution in [0.3, 0.4) is 0 Å². The van der Waals surface area contributed by atoms with E-state index in [0.717, 1.165) is 0 Å². The standard InChI is InChI=1S/C22H25N3O7S/c1-9-16-15(10(2)26)20(28)25(16)17(22(31)32)18(9)33-13-7-14(23-8-13)19(27)24-12-5-3-4-11(6-12)21(29)30/h3-6,9-10,13-16,23,26H,7-8H2,1-2H3,(H,24,27)(H,29,30)(H,31,32)/t9-,10-,13+,14+,15-,16+/m1/s1. The molecule has 6 atom stereocenters. The number of carbonyl (C=O) groups excluding carboxylic acids is 2. The van der Waals surface area contributed by atoms with E-state index in [1.165, 1.54) is 35.7 Å². The molecule has 4 rings (SSSR count). The number of aliphatic hydroxyl groups excluding tert-OH is 1. The first-order valence-electron chi connectivity index (χ1n) is 10.6. The van der Waals surface area contributed by atoms with E-state index in [1.807, 2.05) is 6.92 Å². The number of thioether (sulfide) groups is 1. The van der Waals surface area contributed by atoms with E-state index in [4.69, 9.17) is 5.11 Å². The van der Waals surface area contributed by atoms with Crippen molar-refractivity contribution < 1.29 is 34.5 Å². The van der Waals surface area contributed by atoms with Crippen LogP contribution >= 0.6 is 11.8 Å². The fourth-order valence-electron chi connectivity index (χ4n) is 4.81. The summed E-state index contributed by atoms with van der Waals surface area (Å²) in [5, 5.41) is 34.6. The Labute approximate surface area is 194 Å². The summed E-state index contributed by atoms with van der Waals surface area (Å²) >= 11 is 1.36. The van der Waals surface area contributed by atoms with Crippen LogP contribution in [0.4, 0.5) is 5.69 Å². The molecule has 0 aromatic heterocycles. The van der Waals surface area contributed by atoms with Crippen molar-refractivity contribution in [3.8, 4) is 0 Å². The highest BCUT2D eigenvalue weighted by molar-refractivity contribution is 8.03. The molecule has 0 spiro atoms. The zero-order chi connectivity index (χ0) is 24.0. The molecule has 1 aromatic rings. The minimum Gasteiger partial charge on any atom is -0.478 e. The number of β-lactam (4-membered cyclic amide) rings is 1. The summed E-state index contributed by atoms with van der Waals surface area (Å²) in [5.41, 5.74) is 0.418. The number of aliphatic carboxylic acids is 1. The number of hydrogen-bond donors (Lipinski definition) is 5. The number of benzene rings is 1. The van der Waals surface area contributed by atoms with E-state index in [1.54, 1.807) is 12.1 Å². The Kier molecular flexibility index (Phi) is 6.21. The number of anilines is 1. The molecule has 2 amide bonds. The van der Waals surface area contributed by atoms with Gasteiger partial charge in [-0.25, -0.2) is 9.59 Å². The van der Waals surface area contributed by atoms with E-state index in [9.17, 15) is 29.4 Å². The van der Waals surface area contributed by atoms with E-state index >= 15 is 0 Å². The molecule has 10 nitrogen and oxygen atoms in total. The van der Waals surface area contributed by atoms with Crippen LogP contribution in [0.5, 0.6) is 0 Å². The van der Waals surface area contributed by atoms with Crippen LogP contribution in [0.15, 0.2) is 34.9 Å². The summed E-state index contributed by atoms with van der Waals surface area (Å²) in [6.07, 6.45) is -0.419. The molecular formula is C22H25N3O7S. The minimum absolute atomic E-state index is 0.0298. The van der Waals surface area contributed by atoms with Gasteiger partial charge in [-0.3, -0.25) is 9.59 Å². The maximum atomic E-state index is 12.7. The van der Waals surface area contributed by atoms with Gasteiger partial charge in [-0.2, -0.15) is 0 Å². The SMILES string of the molecule is C[C@@H](O)[C@H]1C(=O)N2C(C(=O)O)=C(S[C@@H]3CN[C@H](C(=O)Nc4cccc(C(=O)O)c4)C3)[C@H](C)[C@@H]12. The predicted molar refractivity (Wildman–Crippen MR) is 119 cm³/mol. The van der Waals surface area contributed by atoms with Crippen LogP contribution in [0, 0.1) is 11.8 Å². The number of aromatic carboxylic acids is 1. The van der Waals surface area contributed by atoms with Crippen LogP contribution in [0.25, 0.3) is 0 Å². The average Bonchev–Trinajstić information content (AvgIpc) is 3.30. The molecule has 0 bridgehead atoms. The number of hydrogen-bond acceptors (Lipinski definition) is 7. The van der Waals surface area contributed by atoms with Crippen molar-refractivity contribution in [2.45, 2.75) is 43.7 Å². The lowest BCUT2D eigenvalue weighted by molar-refractivity contribution is -0.163. The van der Waals surface area contributed by atoms with Crippen LogP contribution in [0.1, 0.15) is 30.6 Å². The maximum Gasteiger partial charge on any atom is 0.353 e. The van der Waals surface area contributed by atoms with Gasteiger partial charge in [0.1, 0.15) is 5.70 Å². The lowest BCUT2D eigenvalue weighted by atomic mass is 9.79. The van der Waals surface area contributed by atoms with Crippen molar-refractivity contribution >= 4 is 41.2 Å². The van der Waals surface area contributed by atoms with Crippen LogP contribution < -0.4 is 10.6 Å². The molecule has 3 aliphatic rings. The average molecular weight is 476 g/mol. The Morgan fingerprint density at radius 3 is 2.61 bits per heavy atom. The van der Waals surface area contributed by atoms with Gasteiger partial charge in [0.05, 0.1) is 29.7 Å². The molecule has 2 fully saturated rings. The highest BCUT2D eigenvalue weighted by Crippen LogP contribution is 2.51. The van der Waals surface area contributed by atoms with E-state index < -0.39 is 30.0 Å². The van der Waals surface area contributed by atoms with Gasteiger partial charge in [0, 0.05) is 28.3 Å². The lowest BCUT2D eigenvalue weighted by Gasteiger charge is -2.46. The van der Waals surface area contributed by atoms with E-state index in [0.29, 0.717) is 23.6 Å². The fraction of sp³-hybridized carbons (Fsp3) is 0.455. The molecule has 5 N–H and O–H groups in total. The second kappa shape index (κ2) is 8.81. The highest BCUT2D eigenvalue weighted by Gasteiger charge is 2.60. The molecule has 3 heterocycles. The summed E-state index contributed by atoms with van der Waals surface area (Å²) in [5.74, 6) is -3.79. The number of aliphatic hydroxyl groups is 1. The van der Waals surface area contributed by atoms with Gasteiger partial charge in [-0.05, 0) is 31.5 Å². The second-order valence-electron chi connectivity index (χ2n) is 8.58. The normalized spacial score (nSPS) is 29.5. The first-order valence-corrected chi connectivity index (χ1v) is 11.5. The minimum atomic E-state index is -1.18. The third-order valence-corrected chi connectivity index (χ3v) is 7.90. The van der Waals surface area contributed by atoms with Gasteiger partial charge in [0.25, 0.3) is 0 Å². The van der Waals surface area contributed by atoms with Crippen molar-refractivity contribution in [1.82, 2.24) is 10.2 Å². The van der Waals surface area contributed by atoms with Crippen molar-refractivity contribution in [3.05, 3.63) is 40.4 Å². The largest absolute Gasteiger partial charge is 0.478 e. The summed E-state index contributed by atoms with van der Waals surface area (Å²) in [6, 6.07) is 5.07. The number of carboxylic acid groups (broad SMARTS) is 2. The molecule has 0 radical (unpaired) electrons. The molecule has 2 saturated heterocycles. The van der Waals surface area contributed by atoms with Gasteiger partial charge in [-0.15, -0.1) is 11.8 Å². The Morgan fingerprint density at radius 2 is 1.97 bits per heavy atom. The van der Waals surface area contributed by atoms with Crippen molar-refractivity contribution in [2.24, 2.45) is 11.8 Å². The number of carboxylic acids is 2. The molecule has 33 heavy (non-hydrogen) atoms. The third kappa shape index (κ3) is 4.11. The summed E-state index contributed by atoms with van der Waals surface area (Å²) in [4.78, 5) is 50.1. The fourth-order valence-corrected chi connectivity index (χ4v) is 6.29. The lowest BCUT2D eigenvalue weighted by Crippen LogP contribution is -2.63. The second-order valence-corrected chi connectivity index (χ2v) is 9.93. The molecule has 3 aliphatic heterocycles. The van der Waals surface area contributed by atoms with Crippen LogP contribution in [-0.4, -0.2) is 74.0 Å². The number of nitrogens with one attached hydrogen (secondary N) is 2. The van der Waals surface area contributed by atoms with Crippen LogP contribution in [0.2, 0.25) is 0 Å². The first kappa shape index (κ1) is 23.3. The molecule has 1 aromatic carbocycles. The van der Waals surface area contributed by atoms with Crippen molar-refractivity contribution in [1.29, 1.82) is 0 Å². The Morgan fingerprint density at radius 1 is 1.24 bits per heavy atom. The molecule has 11 heteroatoms. The van der Waals surface area contributed by atoms with Crippen molar-refractivity contribution in [3.63, 3.8) is 0 Å². The monoisotopic (exact) mass is 475 g/mol. The van der Waals surface area contributed by atoms with Gasteiger partial charge in [-0.1, -0.05) is 13.0 Å². The predicted octanol–water partition coefficient (Wildman–Crippen LogP) is 0.941. The Bertz CT molecular complexity index is 1060. The molecule has 0 unspecified atom stereocenters. The van der Waals surface area contributed by atoms with Crippen LogP contribution in [-0.2, 0) is 14.4 Å². The first-order chi connectivity index (χ1) is 15.6. The zero-order valence-corrected chi connectivity index (χ0v) is 18.8. The summed E-state index contributed by atoms with van der Waals surface area (Å²) < 4.78 is 0. The summed E-state index contributed by atoms with van der Waals surface area (Å²) in [6.45, 7) is 3.87. The Balaban J connectivity index is 1.43. The Hall–Kier alpha value is -2.89. The quantitative estimate of drug-likeness (QED) is 0.362. The van der Waals surface area contributed by atoms with Gasteiger partial charge < -0.3 is 30.9 Å². The van der Waals surface area contributed by atoms with Gasteiger partial charge in [0.2, 0.25) is 11.8 Å². The molecule has 0 saturated carbocycles. The van der Waals surface area contributed by atoms with Crippen molar-refractivity contribution in [2.75, 3.05) is 11.9 Å². The number of fused-ring (bicyclic) bond motifs is 1. The third-order valence-electron chi connectivity index (χ3n) is 6.39. The van der Waals surface area contributed by atoms with E-state index in [2.05, 4.69) is 10.6 Å². The zero-order valence-electron chi connectivity index (χ0n) is 18.0. The topological polar surface area (TPSA) is 156 Å². The summed E-state index contributed by atoms with van der Waals surface area (Å²) in [7, 11) is 0. The van der Waals surface area contributed by atoms with Gasteiger partial charge in [0.15, 0.2) is 0 Å². The molecule has 176 valence electrons. The smallest absolute Gasteiger partial charge is 0.353 e. The number of amides is 2.